The Balaban J connectivity index is 2.13. The molecule has 4 heteroatoms. The molecule has 1 fully saturated rings. The number of esters is 1. The van der Waals surface area contributed by atoms with Crippen LogP contribution in [0.4, 0.5) is 10.1 Å². The van der Waals surface area contributed by atoms with Crippen LogP contribution in [0.2, 0.25) is 0 Å². The van der Waals surface area contributed by atoms with Gasteiger partial charge in [-0.15, -0.1) is 0 Å². The van der Waals surface area contributed by atoms with Gasteiger partial charge in [0, 0.05) is 5.69 Å². The molecule has 0 heterocycles. The van der Waals surface area contributed by atoms with Gasteiger partial charge in [0.2, 0.25) is 0 Å². The lowest BCUT2D eigenvalue weighted by Gasteiger charge is -2.12. The Hall–Kier alpha value is -1.58. The van der Waals surface area contributed by atoms with Crippen molar-refractivity contribution < 1.29 is 13.9 Å². The number of rotatable bonds is 2. The Labute approximate surface area is 93.4 Å². The first-order chi connectivity index (χ1) is 7.68. The highest BCUT2D eigenvalue weighted by Crippen LogP contribution is 2.24. The maximum absolute atomic E-state index is 13.4. The molecule has 3 nitrogen and oxygen atoms in total. The van der Waals surface area contributed by atoms with E-state index in [-0.39, 0.29) is 17.4 Å². The Kier molecular flexibility index (Phi) is 3.08. The number of carbonyl (C=O) groups excluding carboxylic acids is 1. The summed E-state index contributed by atoms with van der Waals surface area (Å²) in [6.45, 7) is 0. The molecule has 16 heavy (non-hydrogen) atoms. The van der Waals surface area contributed by atoms with Gasteiger partial charge in [0.05, 0.1) is 0 Å². The van der Waals surface area contributed by atoms with E-state index in [1.54, 1.807) is 0 Å². The second-order valence-corrected chi connectivity index (χ2v) is 4.02. The van der Waals surface area contributed by atoms with Crippen molar-refractivity contribution in [1.29, 1.82) is 0 Å². The Bertz CT molecular complexity index is 380. The molecule has 86 valence electrons. The first-order valence-corrected chi connectivity index (χ1v) is 5.43. The smallest absolute Gasteiger partial charge is 0.343 e. The van der Waals surface area contributed by atoms with Crippen LogP contribution in [0.3, 0.4) is 0 Å². The van der Waals surface area contributed by atoms with Gasteiger partial charge < -0.3 is 10.5 Å². The molecule has 0 unspecified atom stereocenters. The lowest BCUT2D eigenvalue weighted by atomic mass is 10.1. The summed E-state index contributed by atoms with van der Waals surface area (Å²) in [5, 5.41) is 0. The van der Waals surface area contributed by atoms with Gasteiger partial charge in [-0.1, -0.05) is 6.07 Å². The summed E-state index contributed by atoms with van der Waals surface area (Å²) >= 11 is 0. The number of nitrogen functional groups attached to an aromatic ring is 1. The van der Waals surface area contributed by atoms with Gasteiger partial charge in [-0.2, -0.15) is 0 Å². The Morgan fingerprint density at radius 3 is 2.69 bits per heavy atom. The molecular formula is C12H14FNO2. The van der Waals surface area contributed by atoms with Crippen LogP contribution in [0.1, 0.15) is 36.0 Å². The molecule has 2 rings (SSSR count). The number of carbonyl (C=O) groups is 1. The van der Waals surface area contributed by atoms with E-state index in [0.29, 0.717) is 0 Å². The summed E-state index contributed by atoms with van der Waals surface area (Å²) in [5.41, 5.74) is 5.54. The zero-order chi connectivity index (χ0) is 11.5. The number of ether oxygens (including phenoxy) is 1. The molecule has 2 N–H and O–H groups in total. The van der Waals surface area contributed by atoms with Crippen molar-refractivity contribution in [3.8, 4) is 0 Å². The second-order valence-electron chi connectivity index (χ2n) is 4.02. The lowest BCUT2D eigenvalue weighted by molar-refractivity contribution is 0.0314. The standard InChI is InChI=1S/C12H14FNO2/c13-9-6-3-7-10(14)11(9)12(15)16-8-4-1-2-5-8/h3,6-8H,1-2,4-5,14H2. The minimum atomic E-state index is -0.650. The monoisotopic (exact) mass is 223 g/mol. The van der Waals surface area contributed by atoms with Crippen LogP contribution in [0.5, 0.6) is 0 Å². The topological polar surface area (TPSA) is 52.3 Å². The number of anilines is 1. The highest BCUT2D eigenvalue weighted by molar-refractivity contribution is 5.95. The third-order valence-corrected chi connectivity index (χ3v) is 2.83. The molecule has 0 atom stereocenters. The molecular weight excluding hydrogens is 209 g/mol. The van der Waals surface area contributed by atoms with Crippen LogP contribution in [0.25, 0.3) is 0 Å². The van der Waals surface area contributed by atoms with E-state index in [9.17, 15) is 9.18 Å². The third-order valence-electron chi connectivity index (χ3n) is 2.83. The van der Waals surface area contributed by atoms with Crippen molar-refractivity contribution >= 4 is 11.7 Å². The number of hydrogen-bond acceptors (Lipinski definition) is 3. The number of benzene rings is 1. The Morgan fingerprint density at radius 1 is 1.38 bits per heavy atom. The molecule has 1 aliphatic carbocycles. The molecule has 0 amide bonds. The average molecular weight is 223 g/mol. The van der Waals surface area contributed by atoms with Crippen molar-refractivity contribution in [2.45, 2.75) is 31.8 Å². The summed E-state index contributed by atoms with van der Waals surface area (Å²) < 4.78 is 18.6. The van der Waals surface area contributed by atoms with E-state index < -0.39 is 11.8 Å². The fourth-order valence-electron chi connectivity index (χ4n) is 1.97. The van der Waals surface area contributed by atoms with Crippen LogP contribution in [0.15, 0.2) is 18.2 Å². The number of hydrogen-bond donors (Lipinski definition) is 1. The van der Waals surface area contributed by atoms with Crippen LogP contribution < -0.4 is 5.73 Å². The first kappa shape index (κ1) is 10.9. The summed E-state index contributed by atoms with van der Waals surface area (Å²) in [6.07, 6.45) is 3.77. The maximum atomic E-state index is 13.4. The molecule has 0 bridgehead atoms. The lowest BCUT2D eigenvalue weighted by Crippen LogP contribution is -2.17. The fraction of sp³-hybridized carbons (Fsp3) is 0.417. The first-order valence-electron chi connectivity index (χ1n) is 5.43. The quantitative estimate of drug-likeness (QED) is 0.619. The summed E-state index contributed by atoms with van der Waals surface area (Å²) in [7, 11) is 0. The van der Waals surface area contributed by atoms with Crippen LogP contribution in [-0.4, -0.2) is 12.1 Å². The molecule has 1 aliphatic rings. The minimum Gasteiger partial charge on any atom is -0.459 e. The van der Waals surface area contributed by atoms with Crippen molar-refractivity contribution in [1.82, 2.24) is 0 Å². The van der Waals surface area contributed by atoms with Crippen molar-refractivity contribution in [2.75, 3.05) is 5.73 Å². The van der Waals surface area contributed by atoms with E-state index in [2.05, 4.69) is 0 Å². The van der Waals surface area contributed by atoms with E-state index in [1.807, 2.05) is 0 Å². The molecule has 0 aliphatic heterocycles. The predicted molar refractivity (Wildman–Crippen MR) is 58.5 cm³/mol. The molecule has 0 aromatic heterocycles. The third kappa shape index (κ3) is 2.15. The number of nitrogens with two attached hydrogens (primary N) is 1. The van der Waals surface area contributed by atoms with Gasteiger partial charge in [0.15, 0.2) is 0 Å². The zero-order valence-electron chi connectivity index (χ0n) is 8.91. The zero-order valence-corrected chi connectivity index (χ0v) is 8.91. The highest BCUT2D eigenvalue weighted by atomic mass is 19.1. The minimum absolute atomic E-state index is 0.0773. The van der Waals surface area contributed by atoms with Crippen LogP contribution >= 0.6 is 0 Å². The molecule has 1 saturated carbocycles. The van der Waals surface area contributed by atoms with E-state index in [1.165, 1.54) is 18.2 Å². The van der Waals surface area contributed by atoms with Crippen LogP contribution in [0, 0.1) is 5.82 Å². The predicted octanol–water partition coefficient (Wildman–Crippen LogP) is 2.51. The molecule has 0 spiro atoms. The van der Waals surface area contributed by atoms with E-state index >= 15 is 0 Å². The molecule has 1 aromatic carbocycles. The van der Waals surface area contributed by atoms with Gasteiger partial charge in [0.1, 0.15) is 17.5 Å². The second kappa shape index (κ2) is 4.51. The van der Waals surface area contributed by atoms with Crippen LogP contribution in [-0.2, 0) is 4.74 Å². The van der Waals surface area contributed by atoms with Crippen molar-refractivity contribution in [3.05, 3.63) is 29.6 Å². The van der Waals surface area contributed by atoms with E-state index in [0.717, 1.165) is 25.7 Å². The normalized spacial score (nSPS) is 16.3. The SMILES string of the molecule is Nc1cccc(F)c1C(=O)OC1CCCC1. The average Bonchev–Trinajstić information content (AvgIpc) is 2.70. The fourth-order valence-corrected chi connectivity index (χ4v) is 1.97. The molecule has 0 radical (unpaired) electrons. The van der Waals surface area contributed by atoms with Crippen molar-refractivity contribution in [3.63, 3.8) is 0 Å². The van der Waals surface area contributed by atoms with Gasteiger partial charge in [-0.3, -0.25) is 0 Å². The van der Waals surface area contributed by atoms with Gasteiger partial charge >= 0.3 is 5.97 Å². The van der Waals surface area contributed by atoms with Gasteiger partial charge in [0.25, 0.3) is 0 Å². The highest BCUT2D eigenvalue weighted by Gasteiger charge is 2.23. The molecule has 1 aromatic rings. The largest absolute Gasteiger partial charge is 0.459 e. The summed E-state index contributed by atoms with van der Waals surface area (Å²) in [5.74, 6) is -1.27. The van der Waals surface area contributed by atoms with Gasteiger partial charge in [-0.25, -0.2) is 9.18 Å². The van der Waals surface area contributed by atoms with Crippen molar-refractivity contribution in [2.24, 2.45) is 0 Å². The summed E-state index contributed by atoms with van der Waals surface area (Å²) in [4.78, 5) is 11.7. The molecule has 0 saturated heterocycles. The Morgan fingerprint density at radius 2 is 2.06 bits per heavy atom. The number of halogens is 1. The van der Waals surface area contributed by atoms with Gasteiger partial charge in [-0.05, 0) is 37.8 Å². The van der Waals surface area contributed by atoms with E-state index in [4.69, 9.17) is 10.5 Å². The summed E-state index contributed by atoms with van der Waals surface area (Å²) in [6, 6.07) is 4.17. The maximum Gasteiger partial charge on any atom is 0.343 e.